The minimum absolute atomic E-state index is 0.419. The second-order valence-electron chi connectivity index (χ2n) is 6.45. The van der Waals surface area contributed by atoms with Gasteiger partial charge in [0, 0.05) is 30.9 Å². The first-order valence-corrected chi connectivity index (χ1v) is 9.04. The number of nitrogens with zero attached hydrogens (tertiary/aromatic N) is 2. The van der Waals surface area contributed by atoms with Crippen molar-refractivity contribution in [2.45, 2.75) is 31.8 Å². The Bertz CT molecular complexity index is 836. The number of hydrogen-bond acceptors (Lipinski definition) is 4. The Hall–Kier alpha value is -3.05. The van der Waals surface area contributed by atoms with Crippen molar-refractivity contribution in [2.24, 2.45) is 0 Å². The Morgan fingerprint density at radius 3 is 2.04 bits per heavy atom. The van der Waals surface area contributed by atoms with Crippen LogP contribution in [0.4, 0.5) is 0 Å². The van der Waals surface area contributed by atoms with Gasteiger partial charge in [-0.2, -0.15) is 0 Å². The Morgan fingerprint density at radius 2 is 1.44 bits per heavy atom. The third-order valence-corrected chi connectivity index (χ3v) is 4.37. The molecule has 0 aliphatic rings. The summed E-state index contributed by atoms with van der Waals surface area (Å²) in [5, 5.41) is 12.5. The molecule has 0 bridgehead atoms. The highest BCUT2D eigenvalue weighted by Crippen LogP contribution is 2.06. The first-order chi connectivity index (χ1) is 13.2. The number of carboxylic acid groups (broad SMARTS) is 1. The maximum atomic E-state index is 11.5. The van der Waals surface area contributed by atoms with Gasteiger partial charge in [0.1, 0.15) is 11.9 Å². The van der Waals surface area contributed by atoms with Crippen LogP contribution in [0.1, 0.15) is 22.5 Å². The molecule has 5 nitrogen and oxygen atoms in total. The summed E-state index contributed by atoms with van der Waals surface area (Å²) >= 11 is 0. The van der Waals surface area contributed by atoms with E-state index in [1.54, 1.807) is 12.4 Å². The lowest BCUT2D eigenvalue weighted by Gasteiger charge is -2.14. The number of rotatable bonds is 9. The summed E-state index contributed by atoms with van der Waals surface area (Å²) in [5.41, 5.74) is 3.12. The molecule has 0 aliphatic carbocycles. The van der Waals surface area contributed by atoms with Gasteiger partial charge in [-0.15, -0.1) is 0 Å². The molecule has 138 valence electrons. The van der Waals surface area contributed by atoms with E-state index in [9.17, 15) is 9.90 Å². The first-order valence-electron chi connectivity index (χ1n) is 9.04. The molecule has 2 aromatic carbocycles. The average molecular weight is 361 g/mol. The molecule has 0 saturated carbocycles. The normalized spacial score (nSPS) is 11.9. The van der Waals surface area contributed by atoms with E-state index < -0.39 is 12.0 Å². The summed E-state index contributed by atoms with van der Waals surface area (Å²) < 4.78 is 0. The Kier molecular flexibility index (Phi) is 6.66. The van der Waals surface area contributed by atoms with Gasteiger partial charge in [0.15, 0.2) is 0 Å². The van der Waals surface area contributed by atoms with Crippen molar-refractivity contribution in [3.05, 3.63) is 95.6 Å². The maximum absolute atomic E-state index is 11.5. The lowest BCUT2D eigenvalue weighted by molar-refractivity contribution is -0.139. The highest BCUT2D eigenvalue weighted by atomic mass is 16.4. The van der Waals surface area contributed by atoms with Crippen LogP contribution in [0.15, 0.2) is 73.1 Å². The van der Waals surface area contributed by atoms with Gasteiger partial charge >= 0.3 is 5.97 Å². The Balaban J connectivity index is 1.51. The van der Waals surface area contributed by atoms with Crippen LogP contribution in [0.25, 0.3) is 0 Å². The van der Waals surface area contributed by atoms with Gasteiger partial charge in [-0.25, -0.2) is 9.97 Å². The number of carboxylic acids is 1. The predicted molar refractivity (Wildman–Crippen MR) is 104 cm³/mol. The topological polar surface area (TPSA) is 75.1 Å². The fraction of sp³-hybridized carbons (Fsp3) is 0.227. The van der Waals surface area contributed by atoms with Gasteiger partial charge < -0.3 is 5.11 Å². The van der Waals surface area contributed by atoms with Gasteiger partial charge in [0.25, 0.3) is 0 Å². The predicted octanol–water partition coefficient (Wildman–Crippen LogP) is 3.05. The van der Waals surface area contributed by atoms with Crippen molar-refractivity contribution in [3.63, 3.8) is 0 Å². The van der Waals surface area contributed by atoms with Crippen LogP contribution in [-0.2, 0) is 30.6 Å². The Labute approximate surface area is 159 Å². The van der Waals surface area contributed by atoms with Crippen molar-refractivity contribution in [2.75, 3.05) is 0 Å². The lowest BCUT2D eigenvalue weighted by atomic mass is 10.1. The number of benzene rings is 2. The molecule has 5 heteroatoms. The summed E-state index contributed by atoms with van der Waals surface area (Å²) in [6, 6.07) is 19.2. The summed E-state index contributed by atoms with van der Waals surface area (Å²) in [7, 11) is 0. The van der Waals surface area contributed by atoms with Crippen LogP contribution in [0.3, 0.4) is 0 Å². The van der Waals surface area contributed by atoms with Crippen molar-refractivity contribution >= 4 is 5.97 Å². The minimum atomic E-state index is -0.862. The number of aliphatic carboxylic acids is 1. The second-order valence-corrected chi connectivity index (χ2v) is 6.45. The van der Waals surface area contributed by atoms with Gasteiger partial charge in [-0.3, -0.25) is 10.1 Å². The molecule has 2 N–H and O–H groups in total. The van der Waals surface area contributed by atoms with Crippen molar-refractivity contribution in [1.82, 2.24) is 15.3 Å². The number of aryl methyl sites for hydroxylation is 2. The van der Waals surface area contributed by atoms with Crippen LogP contribution in [0, 0.1) is 0 Å². The van der Waals surface area contributed by atoms with Gasteiger partial charge in [0.05, 0.1) is 0 Å². The van der Waals surface area contributed by atoms with E-state index in [-0.39, 0.29) is 0 Å². The van der Waals surface area contributed by atoms with Crippen LogP contribution >= 0.6 is 0 Å². The third-order valence-electron chi connectivity index (χ3n) is 4.37. The SMILES string of the molecule is O=C(O)[C@@H](Cc1ccccc1)NCc1cnc(CCc2ccccc2)nc1. The first kappa shape index (κ1) is 18.7. The monoisotopic (exact) mass is 361 g/mol. The average Bonchev–Trinajstić information content (AvgIpc) is 2.71. The fourth-order valence-electron chi connectivity index (χ4n) is 2.84. The molecule has 3 aromatic rings. The molecule has 0 aliphatic heterocycles. The van der Waals surface area contributed by atoms with Gasteiger partial charge in [0.2, 0.25) is 0 Å². The van der Waals surface area contributed by atoms with E-state index in [1.807, 2.05) is 48.5 Å². The zero-order chi connectivity index (χ0) is 18.9. The highest BCUT2D eigenvalue weighted by molar-refractivity contribution is 5.73. The largest absolute Gasteiger partial charge is 0.480 e. The van der Waals surface area contributed by atoms with Crippen molar-refractivity contribution in [1.29, 1.82) is 0 Å². The molecule has 0 fully saturated rings. The fourth-order valence-corrected chi connectivity index (χ4v) is 2.84. The van der Waals surface area contributed by atoms with Gasteiger partial charge in [-0.05, 0) is 24.0 Å². The number of carbonyl (C=O) groups is 1. The molecule has 0 spiro atoms. The Morgan fingerprint density at radius 1 is 0.852 bits per heavy atom. The van der Waals surface area contributed by atoms with Crippen LogP contribution in [0.2, 0.25) is 0 Å². The van der Waals surface area contributed by atoms with E-state index in [0.29, 0.717) is 13.0 Å². The van der Waals surface area contributed by atoms with Crippen LogP contribution in [-0.4, -0.2) is 27.1 Å². The van der Waals surface area contributed by atoms with E-state index in [0.717, 1.165) is 29.8 Å². The van der Waals surface area contributed by atoms with Crippen molar-refractivity contribution < 1.29 is 9.90 Å². The maximum Gasteiger partial charge on any atom is 0.321 e. The molecule has 0 amide bonds. The highest BCUT2D eigenvalue weighted by Gasteiger charge is 2.17. The smallest absolute Gasteiger partial charge is 0.321 e. The van der Waals surface area contributed by atoms with Crippen LogP contribution in [0.5, 0.6) is 0 Å². The van der Waals surface area contributed by atoms with Gasteiger partial charge in [-0.1, -0.05) is 60.7 Å². The van der Waals surface area contributed by atoms with E-state index in [2.05, 4.69) is 27.4 Å². The minimum Gasteiger partial charge on any atom is -0.480 e. The molecule has 0 saturated heterocycles. The summed E-state index contributed by atoms with van der Waals surface area (Å²) in [6.07, 6.45) is 5.65. The lowest BCUT2D eigenvalue weighted by Crippen LogP contribution is -2.38. The molecule has 0 unspecified atom stereocenters. The summed E-state index contributed by atoms with van der Waals surface area (Å²) in [6.45, 7) is 0.419. The molecule has 3 rings (SSSR count). The zero-order valence-electron chi connectivity index (χ0n) is 15.1. The number of aromatic nitrogens is 2. The molecular formula is C22H23N3O2. The number of hydrogen-bond donors (Lipinski definition) is 2. The molecule has 1 aromatic heterocycles. The zero-order valence-corrected chi connectivity index (χ0v) is 15.1. The van der Waals surface area contributed by atoms with Crippen LogP contribution < -0.4 is 5.32 Å². The standard InChI is InChI=1S/C22H23N3O2/c26-22(27)20(13-18-9-5-2-6-10-18)23-14-19-15-24-21(25-16-19)12-11-17-7-3-1-4-8-17/h1-10,15-16,20,23H,11-14H2,(H,26,27)/t20-/m1/s1. The second kappa shape index (κ2) is 9.59. The van der Waals surface area contributed by atoms with E-state index in [4.69, 9.17) is 0 Å². The summed E-state index contributed by atoms with van der Waals surface area (Å²) in [5.74, 6) is -0.0686. The quantitative estimate of drug-likeness (QED) is 0.613. The van der Waals surface area contributed by atoms with Crippen molar-refractivity contribution in [3.8, 4) is 0 Å². The van der Waals surface area contributed by atoms with E-state index >= 15 is 0 Å². The number of nitrogens with one attached hydrogen (secondary N) is 1. The molecule has 1 atom stereocenters. The molecular weight excluding hydrogens is 338 g/mol. The molecule has 0 radical (unpaired) electrons. The summed E-state index contributed by atoms with van der Waals surface area (Å²) in [4.78, 5) is 20.3. The molecule has 1 heterocycles. The molecule has 27 heavy (non-hydrogen) atoms. The third kappa shape index (κ3) is 6.01. The van der Waals surface area contributed by atoms with E-state index in [1.165, 1.54) is 5.56 Å².